The molecule has 2 nitrogen and oxygen atoms in total. The number of aromatic nitrogens is 2. The third-order valence-corrected chi connectivity index (χ3v) is 5.59. The molecule has 0 N–H and O–H groups in total. The molecule has 0 saturated carbocycles. The molecule has 0 bridgehead atoms. The molecule has 0 saturated heterocycles. The summed E-state index contributed by atoms with van der Waals surface area (Å²) < 4.78 is 2.21. The van der Waals surface area contributed by atoms with E-state index in [9.17, 15) is 0 Å². The van der Waals surface area contributed by atoms with Gasteiger partial charge < -0.3 is 4.57 Å². The van der Waals surface area contributed by atoms with Crippen LogP contribution in [0.2, 0.25) is 0 Å². The maximum atomic E-state index is 4.71. The smallest absolute Gasteiger partial charge is 0.121 e. The van der Waals surface area contributed by atoms with Crippen LogP contribution in [0, 0.1) is 6.42 Å². The fraction of sp³-hybridized carbons (Fsp3) is 0.0345. The lowest BCUT2D eigenvalue weighted by molar-refractivity contribution is 0.514. The zero-order chi connectivity index (χ0) is 20.9. The summed E-state index contributed by atoms with van der Waals surface area (Å²) >= 11 is 0. The molecule has 148 valence electrons. The molecule has 0 aliphatic carbocycles. The molecule has 1 heterocycles. The lowest BCUT2D eigenvalue weighted by Crippen LogP contribution is -2.36. The van der Waals surface area contributed by atoms with Gasteiger partial charge in [-0.2, -0.15) is 0 Å². The van der Waals surface area contributed by atoms with E-state index in [0.29, 0.717) is 0 Å². The standard InChI is InChI=1S/C29H22N2/c1-5-13-24(14-6-1)21-28-22-31(23-30-28)29(25-15-7-2-8-16-25,26-17-9-3-10-18-26)27-19-11-4-12-20-27/h1-20,22-23H. The highest BCUT2D eigenvalue weighted by molar-refractivity contribution is 5.51. The molecule has 0 spiro atoms. The van der Waals surface area contributed by atoms with Gasteiger partial charge in [-0.15, -0.1) is 0 Å². The first-order chi connectivity index (χ1) is 15.4. The van der Waals surface area contributed by atoms with Crippen LogP contribution >= 0.6 is 0 Å². The van der Waals surface area contributed by atoms with Crippen LogP contribution in [0.25, 0.3) is 0 Å². The van der Waals surface area contributed by atoms with Crippen LogP contribution in [-0.2, 0) is 5.54 Å². The summed E-state index contributed by atoms with van der Waals surface area (Å²) in [6, 6.07) is 42.0. The van der Waals surface area contributed by atoms with Gasteiger partial charge in [-0.3, -0.25) is 0 Å². The van der Waals surface area contributed by atoms with Gasteiger partial charge in [0.2, 0.25) is 0 Å². The van der Waals surface area contributed by atoms with Crippen LogP contribution in [0.3, 0.4) is 0 Å². The first kappa shape index (κ1) is 19.1. The normalized spacial score (nSPS) is 11.4. The van der Waals surface area contributed by atoms with Gasteiger partial charge in [0.15, 0.2) is 0 Å². The van der Waals surface area contributed by atoms with Crippen LogP contribution < -0.4 is 0 Å². The maximum absolute atomic E-state index is 4.71. The molecule has 4 aromatic carbocycles. The van der Waals surface area contributed by atoms with Crippen molar-refractivity contribution in [3.8, 4) is 0 Å². The SMILES string of the molecule is [C](c1ccccc1)c1cn(C(c2ccccc2)(c2ccccc2)c2ccccc2)cn1. The number of nitrogens with zero attached hydrogens (tertiary/aromatic N) is 2. The number of rotatable bonds is 6. The lowest BCUT2D eigenvalue weighted by Gasteiger charge is -2.37. The second-order valence-electron chi connectivity index (χ2n) is 7.47. The lowest BCUT2D eigenvalue weighted by atomic mass is 9.77. The van der Waals surface area contributed by atoms with Crippen molar-refractivity contribution in [3.05, 3.63) is 168 Å². The van der Waals surface area contributed by atoms with Crippen molar-refractivity contribution in [2.75, 3.05) is 0 Å². The van der Waals surface area contributed by atoms with Gasteiger partial charge in [0.1, 0.15) is 5.54 Å². The van der Waals surface area contributed by atoms with E-state index >= 15 is 0 Å². The van der Waals surface area contributed by atoms with Gasteiger partial charge in [-0.25, -0.2) is 4.98 Å². The minimum atomic E-state index is -0.548. The Balaban J connectivity index is 1.73. The number of benzene rings is 4. The molecule has 5 aromatic rings. The van der Waals surface area contributed by atoms with Crippen LogP contribution in [0.5, 0.6) is 0 Å². The predicted octanol–water partition coefficient (Wildman–Crippen LogP) is 6.20. The molecule has 31 heavy (non-hydrogen) atoms. The quantitative estimate of drug-likeness (QED) is 0.311. The van der Waals surface area contributed by atoms with E-state index in [1.807, 2.05) is 36.7 Å². The van der Waals surface area contributed by atoms with Crippen LogP contribution in [0.4, 0.5) is 0 Å². The fourth-order valence-electron chi connectivity index (χ4n) is 4.23. The summed E-state index contributed by atoms with van der Waals surface area (Å²) in [5, 5.41) is 0. The van der Waals surface area contributed by atoms with E-state index in [-0.39, 0.29) is 0 Å². The number of imidazole rings is 1. The van der Waals surface area contributed by atoms with Crippen molar-refractivity contribution in [2.45, 2.75) is 5.54 Å². The molecule has 0 atom stereocenters. The van der Waals surface area contributed by atoms with Crippen molar-refractivity contribution >= 4 is 0 Å². The van der Waals surface area contributed by atoms with E-state index in [1.165, 1.54) is 16.7 Å². The van der Waals surface area contributed by atoms with Crippen molar-refractivity contribution in [2.24, 2.45) is 0 Å². The Morgan fingerprint density at radius 3 is 1.42 bits per heavy atom. The van der Waals surface area contributed by atoms with Gasteiger partial charge >= 0.3 is 0 Å². The highest BCUT2D eigenvalue weighted by Gasteiger charge is 2.38. The predicted molar refractivity (Wildman–Crippen MR) is 125 cm³/mol. The van der Waals surface area contributed by atoms with Crippen LogP contribution in [0.15, 0.2) is 134 Å². The molecule has 0 aliphatic rings. The molecule has 5 rings (SSSR count). The molecular weight excluding hydrogens is 376 g/mol. The minimum absolute atomic E-state index is 0.548. The zero-order valence-corrected chi connectivity index (χ0v) is 17.1. The monoisotopic (exact) mass is 398 g/mol. The average Bonchev–Trinajstić information content (AvgIpc) is 3.31. The van der Waals surface area contributed by atoms with Crippen LogP contribution in [0.1, 0.15) is 27.9 Å². The molecule has 0 aliphatic heterocycles. The summed E-state index contributed by atoms with van der Waals surface area (Å²) in [6.07, 6.45) is 7.42. The highest BCUT2D eigenvalue weighted by atomic mass is 15.1. The van der Waals surface area contributed by atoms with E-state index < -0.39 is 5.54 Å². The number of hydrogen-bond donors (Lipinski definition) is 0. The van der Waals surface area contributed by atoms with E-state index in [4.69, 9.17) is 4.98 Å². The fourth-order valence-corrected chi connectivity index (χ4v) is 4.23. The molecule has 2 radical (unpaired) electrons. The van der Waals surface area contributed by atoms with Crippen molar-refractivity contribution < 1.29 is 0 Å². The molecule has 0 fully saturated rings. The Morgan fingerprint density at radius 2 is 0.968 bits per heavy atom. The van der Waals surface area contributed by atoms with Crippen molar-refractivity contribution in [1.82, 2.24) is 9.55 Å². The summed E-state index contributed by atoms with van der Waals surface area (Å²) in [6.45, 7) is 0. The Morgan fingerprint density at radius 1 is 0.548 bits per heavy atom. The van der Waals surface area contributed by atoms with Gasteiger partial charge in [-0.05, 0) is 22.3 Å². The Bertz CT molecular complexity index is 1130. The molecule has 1 aromatic heterocycles. The van der Waals surface area contributed by atoms with Crippen molar-refractivity contribution in [1.29, 1.82) is 0 Å². The Labute approximate surface area is 183 Å². The Hall–Kier alpha value is -3.91. The second-order valence-corrected chi connectivity index (χ2v) is 7.47. The van der Waals surface area contributed by atoms with Gasteiger partial charge in [-0.1, -0.05) is 121 Å². The number of hydrogen-bond acceptors (Lipinski definition) is 1. The summed E-state index contributed by atoms with van der Waals surface area (Å²) in [4.78, 5) is 4.71. The zero-order valence-electron chi connectivity index (χ0n) is 17.1. The maximum Gasteiger partial charge on any atom is 0.121 e. The topological polar surface area (TPSA) is 17.8 Å². The van der Waals surface area contributed by atoms with Crippen LogP contribution in [-0.4, -0.2) is 9.55 Å². The van der Waals surface area contributed by atoms with E-state index in [0.717, 1.165) is 11.3 Å². The largest absolute Gasteiger partial charge is 0.319 e. The third kappa shape index (κ3) is 3.57. The third-order valence-electron chi connectivity index (χ3n) is 5.59. The molecule has 0 unspecified atom stereocenters. The van der Waals surface area contributed by atoms with E-state index in [1.54, 1.807) is 0 Å². The highest BCUT2D eigenvalue weighted by Crippen LogP contribution is 2.40. The molecule has 0 amide bonds. The summed E-state index contributed by atoms with van der Waals surface area (Å²) in [5.41, 5.74) is 4.80. The molecule has 2 heteroatoms. The first-order valence-electron chi connectivity index (χ1n) is 10.4. The Kier molecular flexibility index (Phi) is 5.20. The first-order valence-corrected chi connectivity index (χ1v) is 10.4. The summed E-state index contributed by atoms with van der Waals surface area (Å²) in [7, 11) is 0. The van der Waals surface area contributed by atoms with Gasteiger partial charge in [0.05, 0.1) is 18.4 Å². The van der Waals surface area contributed by atoms with Crippen molar-refractivity contribution in [3.63, 3.8) is 0 Å². The molecular formula is C29H22N2. The van der Waals surface area contributed by atoms with Gasteiger partial charge in [0.25, 0.3) is 0 Å². The summed E-state index contributed by atoms with van der Waals surface area (Å²) in [5.74, 6) is 0. The van der Waals surface area contributed by atoms with Gasteiger partial charge in [0, 0.05) is 6.20 Å². The second kappa shape index (κ2) is 8.45. The average molecular weight is 399 g/mol. The minimum Gasteiger partial charge on any atom is -0.319 e. The van der Waals surface area contributed by atoms with E-state index in [2.05, 4.69) is 108 Å².